The van der Waals surface area contributed by atoms with E-state index >= 15 is 0 Å². The zero-order valence-corrected chi connectivity index (χ0v) is 7.00. The first-order valence-corrected chi connectivity index (χ1v) is 4.27. The van der Waals surface area contributed by atoms with E-state index in [0.717, 1.165) is 16.6 Å². The fourth-order valence-corrected chi connectivity index (χ4v) is 1.65. The molecule has 0 aliphatic carbocycles. The van der Waals surface area contributed by atoms with E-state index in [9.17, 15) is 0 Å². The molecule has 1 rings (SSSR count). The van der Waals surface area contributed by atoms with Crippen molar-refractivity contribution in [1.29, 1.82) is 0 Å². The highest BCUT2D eigenvalue weighted by atomic mass is 35.5. The molecule has 4 heteroatoms. The van der Waals surface area contributed by atoms with Gasteiger partial charge in [-0.3, -0.25) is 0 Å². The average Bonchev–Trinajstić information content (AvgIpc) is 2.31. The molecule has 0 aliphatic rings. The molecule has 0 amide bonds. The van der Waals surface area contributed by atoms with Crippen LogP contribution in [0, 0.1) is 0 Å². The molecule has 1 aromatic rings. The molecule has 3 N–H and O–H groups in total. The van der Waals surface area contributed by atoms with Crippen molar-refractivity contribution in [2.24, 2.45) is 5.73 Å². The van der Waals surface area contributed by atoms with E-state index in [2.05, 4.69) is 5.32 Å². The molecule has 0 radical (unpaired) electrons. The van der Waals surface area contributed by atoms with E-state index < -0.39 is 0 Å². The van der Waals surface area contributed by atoms with Crippen LogP contribution in [0.4, 0.5) is 5.00 Å². The summed E-state index contributed by atoms with van der Waals surface area (Å²) in [6, 6.07) is 1.87. The Kier molecular flexibility index (Phi) is 2.99. The van der Waals surface area contributed by atoms with Crippen LogP contribution >= 0.6 is 22.9 Å². The molecule has 0 bridgehead atoms. The molecule has 0 fully saturated rings. The summed E-state index contributed by atoms with van der Waals surface area (Å²) in [6.45, 7) is 1.41. The second kappa shape index (κ2) is 3.81. The van der Waals surface area contributed by atoms with Crippen molar-refractivity contribution < 1.29 is 0 Å². The van der Waals surface area contributed by atoms with Crippen molar-refractivity contribution in [2.75, 3.05) is 18.4 Å². The third-order valence-electron chi connectivity index (χ3n) is 1.05. The summed E-state index contributed by atoms with van der Waals surface area (Å²) in [5.74, 6) is 0. The van der Waals surface area contributed by atoms with Gasteiger partial charge in [0.25, 0.3) is 0 Å². The van der Waals surface area contributed by atoms with Crippen molar-refractivity contribution in [3.63, 3.8) is 0 Å². The Bertz CT molecular complexity index is 199. The molecule has 0 saturated carbocycles. The standard InChI is InChI=1S/C6H9ClN2S/c7-5-1-4-10-6(5)9-3-2-8/h1,4,9H,2-3,8H2. The van der Waals surface area contributed by atoms with Crippen LogP contribution in [0.15, 0.2) is 11.4 Å². The van der Waals surface area contributed by atoms with Crippen LogP contribution in [-0.4, -0.2) is 13.1 Å². The minimum atomic E-state index is 0.633. The van der Waals surface area contributed by atoms with Gasteiger partial charge in [-0.1, -0.05) is 11.6 Å². The molecule has 56 valence electrons. The average molecular weight is 177 g/mol. The van der Waals surface area contributed by atoms with E-state index in [1.54, 1.807) is 11.3 Å². The quantitative estimate of drug-likeness (QED) is 0.737. The number of hydrogen-bond donors (Lipinski definition) is 2. The summed E-state index contributed by atoms with van der Waals surface area (Å²) < 4.78 is 0. The van der Waals surface area contributed by atoms with Gasteiger partial charge in [0, 0.05) is 13.1 Å². The van der Waals surface area contributed by atoms with Gasteiger partial charge in [0.15, 0.2) is 0 Å². The van der Waals surface area contributed by atoms with Gasteiger partial charge < -0.3 is 11.1 Å². The fourth-order valence-electron chi connectivity index (χ4n) is 0.606. The lowest BCUT2D eigenvalue weighted by atomic mass is 10.6. The van der Waals surface area contributed by atoms with Crippen molar-refractivity contribution >= 4 is 27.9 Å². The predicted octanol–water partition coefficient (Wildman–Crippen LogP) is 1.77. The van der Waals surface area contributed by atoms with Gasteiger partial charge in [0.1, 0.15) is 5.00 Å². The number of anilines is 1. The van der Waals surface area contributed by atoms with Gasteiger partial charge in [-0.05, 0) is 11.4 Å². The highest BCUT2D eigenvalue weighted by Crippen LogP contribution is 2.27. The second-order valence-electron chi connectivity index (χ2n) is 1.81. The molecule has 0 saturated heterocycles. The van der Waals surface area contributed by atoms with Crippen LogP contribution in [0.3, 0.4) is 0 Å². The maximum absolute atomic E-state index is 5.78. The molecule has 0 spiro atoms. The monoisotopic (exact) mass is 176 g/mol. The Balaban J connectivity index is 2.49. The maximum Gasteiger partial charge on any atom is 0.107 e. The number of nitrogens with two attached hydrogens (primary N) is 1. The van der Waals surface area contributed by atoms with Crippen LogP contribution < -0.4 is 11.1 Å². The molecule has 1 heterocycles. The van der Waals surface area contributed by atoms with Gasteiger partial charge in [-0.2, -0.15) is 0 Å². The number of thiophene rings is 1. The minimum Gasteiger partial charge on any atom is -0.374 e. The smallest absolute Gasteiger partial charge is 0.107 e. The zero-order valence-electron chi connectivity index (χ0n) is 5.43. The third kappa shape index (κ3) is 1.87. The molecule has 0 atom stereocenters. The normalized spacial score (nSPS) is 9.80. The van der Waals surface area contributed by atoms with Crippen molar-refractivity contribution in [3.8, 4) is 0 Å². The third-order valence-corrected chi connectivity index (χ3v) is 2.35. The molecular weight excluding hydrogens is 168 g/mol. The van der Waals surface area contributed by atoms with Crippen LogP contribution in [-0.2, 0) is 0 Å². The Hall–Kier alpha value is -0.250. The van der Waals surface area contributed by atoms with E-state index in [1.807, 2.05) is 11.4 Å². The summed E-state index contributed by atoms with van der Waals surface area (Å²) >= 11 is 7.37. The summed E-state index contributed by atoms with van der Waals surface area (Å²) in [7, 11) is 0. The first kappa shape index (κ1) is 7.85. The van der Waals surface area contributed by atoms with Gasteiger partial charge in [0.2, 0.25) is 0 Å². The SMILES string of the molecule is NCCNc1sccc1Cl. The maximum atomic E-state index is 5.78. The number of hydrogen-bond acceptors (Lipinski definition) is 3. The zero-order chi connectivity index (χ0) is 7.40. The molecule has 0 unspecified atom stereocenters. The van der Waals surface area contributed by atoms with Crippen LogP contribution in [0.5, 0.6) is 0 Å². The van der Waals surface area contributed by atoms with E-state index in [1.165, 1.54) is 0 Å². The van der Waals surface area contributed by atoms with E-state index in [0.29, 0.717) is 6.54 Å². The summed E-state index contributed by atoms with van der Waals surface area (Å²) in [6.07, 6.45) is 0. The molecule has 0 aliphatic heterocycles. The highest BCUT2D eigenvalue weighted by Gasteiger charge is 1.97. The van der Waals surface area contributed by atoms with Gasteiger partial charge in [0.05, 0.1) is 5.02 Å². The summed E-state index contributed by atoms with van der Waals surface area (Å²) in [5, 5.41) is 6.83. The van der Waals surface area contributed by atoms with Crippen molar-refractivity contribution in [2.45, 2.75) is 0 Å². The molecule has 0 aromatic carbocycles. The summed E-state index contributed by atoms with van der Waals surface area (Å²) in [5.41, 5.74) is 5.29. The summed E-state index contributed by atoms with van der Waals surface area (Å²) in [4.78, 5) is 0. The second-order valence-corrected chi connectivity index (χ2v) is 3.14. The Morgan fingerprint density at radius 3 is 3.00 bits per heavy atom. The van der Waals surface area contributed by atoms with Crippen LogP contribution in [0.1, 0.15) is 0 Å². The van der Waals surface area contributed by atoms with Crippen LogP contribution in [0.2, 0.25) is 5.02 Å². The number of rotatable bonds is 3. The first-order valence-electron chi connectivity index (χ1n) is 3.01. The Labute approximate surface area is 69.0 Å². The minimum absolute atomic E-state index is 0.633. The topological polar surface area (TPSA) is 38.0 Å². The van der Waals surface area contributed by atoms with Gasteiger partial charge >= 0.3 is 0 Å². The number of nitrogens with one attached hydrogen (secondary N) is 1. The Morgan fingerprint density at radius 1 is 1.70 bits per heavy atom. The fraction of sp³-hybridized carbons (Fsp3) is 0.333. The van der Waals surface area contributed by atoms with Crippen LogP contribution in [0.25, 0.3) is 0 Å². The lowest BCUT2D eigenvalue weighted by Gasteiger charge is -1.99. The predicted molar refractivity (Wildman–Crippen MR) is 46.9 cm³/mol. The Morgan fingerprint density at radius 2 is 2.50 bits per heavy atom. The van der Waals surface area contributed by atoms with E-state index in [-0.39, 0.29) is 0 Å². The number of halogens is 1. The highest BCUT2D eigenvalue weighted by molar-refractivity contribution is 7.14. The molecular formula is C6H9ClN2S. The van der Waals surface area contributed by atoms with Gasteiger partial charge in [-0.25, -0.2) is 0 Å². The first-order chi connectivity index (χ1) is 4.84. The molecule has 1 aromatic heterocycles. The van der Waals surface area contributed by atoms with Crippen molar-refractivity contribution in [1.82, 2.24) is 0 Å². The van der Waals surface area contributed by atoms with Gasteiger partial charge in [-0.15, -0.1) is 11.3 Å². The molecule has 2 nitrogen and oxygen atoms in total. The van der Waals surface area contributed by atoms with E-state index in [4.69, 9.17) is 17.3 Å². The lowest BCUT2D eigenvalue weighted by molar-refractivity contribution is 1.03. The largest absolute Gasteiger partial charge is 0.374 e. The van der Waals surface area contributed by atoms with Crippen molar-refractivity contribution in [3.05, 3.63) is 16.5 Å². The lowest BCUT2D eigenvalue weighted by Crippen LogP contribution is -2.12. The molecule has 10 heavy (non-hydrogen) atoms.